The van der Waals surface area contributed by atoms with E-state index in [0.717, 1.165) is 12.0 Å². The zero-order chi connectivity index (χ0) is 30.7. The predicted octanol–water partition coefficient (Wildman–Crippen LogP) is 5.11. The van der Waals surface area contributed by atoms with Crippen LogP contribution in [0.5, 0.6) is 0 Å². The molecule has 41 heavy (non-hydrogen) atoms. The molecule has 9 heteroatoms. The van der Waals surface area contributed by atoms with E-state index in [-0.39, 0.29) is 16.6 Å². The topological polar surface area (TPSA) is 114 Å². The number of nitrogens with one attached hydrogen (secondary N) is 1. The van der Waals surface area contributed by atoms with Crippen LogP contribution in [0.4, 0.5) is 0 Å². The third-order valence-corrected chi connectivity index (χ3v) is 14.7. The van der Waals surface area contributed by atoms with Crippen LogP contribution in [0.1, 0.15) is 74.3 Å². The highest BCUT2D eigenvalue weighted by atomic mass is 28.4. The second-order valence-electron chi connectivity index (χ2n) is 12.3. The van der Waals surface area contributed by atoms with Gasteiger partial charge in [-0.2, -0.15) is 0 Å². The normalized spacial score (nSPS) is 29.7. The lowest BCUT2D eigenvalue weighted by Gasteiger charge is -2.46. The molecular formula is C32H49NO7Si. The number of ether oxygens (including phenoxy) is 2. The lowest BCUT2D eigenvalue weighted by molar-refractivity contribution is -0.162. The summed E-state index contributed by atoms with van der Waals surface area (Å²) in [4.78, 5) is 27.8. The highest BCUT2D eigenvalue weighted by Crippen LogP contribution is 2.46. The van der Waals surface area contributed by atoms with Gasteiger partial charge in [0.1, 0.15) is 18.3 Å². The van der Waals surface area contributed by atoms with E-state index in [2.05, 4.69) is 46.9 Å². The highest BCUT2D eigenvalue weighted by Gasteiger charge is 2.63. The lowest BCUT2D eigenvalue weighted by Crippen LogP contribution is -2.61. The number of hydrogen-bond acceptors (Lipinski definition) is 7. The molecular weight excluding hydrogens is 538 g/mol. The maximum atomic E-state index is 14.2. The molecule has 8 nitrogen and oxygen atoms in total. The van der Waals surface area contributed by atoms with Crippen molar-refractivity contribution in [1.82, 2.24) is 5.32 Å². The molecule has 0 aromatic heterocycles. The van der Waals surface area contributed by atoms with E-state index in [4.69, 9.17) is 13.9 Å². The van der Waals surface area contributed by atoms with Crippen LogP contribution in [-0.4, -0.2) is 66.5 Å². The summed E-state index contributed by atoms with van der Waals surface area (Å²) in [6, 6.07) is 9.39. The van der Waals surface area contributed by atoms with Gasteiger partial charge in [-0.15, -0.1) is 0 Å². The molecule has 228 valence electrons. The van der Waals surface area contributed by atoms with Gasteiger partial charge in [-0.05, 0) is 41.6 Å². The number of Topliss-reactive ketones (excluding diaryl/α,β-unsaturated/α-hetero) is 1. The number of aliphatic hydroxyl groups excluding tert-OH is 1. The van der Waals surface area contributed by atoms with Crippen molar-refractivity contribution < 1.29 is 33.7 Å². The van der Waals surface area contributed by atoms with Crippen LogP contribution >= 0.6 is 0 Å². The Morgan fingerprint density at radius 1 is 1.07 bits per heavy atom. The van der Waals surface area contributed by atoms with Crippen LogP contribution in [0.2, 0.25) is 16.6 Å². The molecule has 2 heterocycles. The highest BCUT2D eigenvalue weighted by molar-refractivity contribution is 6.77. The van der Waals surface area contributed by atoms with Crippen molar-refractivity contribution >= 4 is 26.1 Å². The minimum absolute atomic E-state index is 0.134. The summed E-state index contributed by atoms with van der Waals surface area (Å²) in [6.07, 6.45) is 1.67. The standard InChI is InChI=1S/C32H49NO7Si/c1-10-11-17-26-28(39-23(9)38-26)27(34)22(8)29(35)32(37)30(40-41(19(2)3,20(4)5)21(6)7)25(33-31(32)36)18-24-15-13-12-14-16-24/h11-23,26-28,30,34,37H,10H2,1-9H3,(H,33,36)/b17-11+,25-18-/t22?,23-,26-,27?,28-,30-,32-/m0/s1. The molecule has 3 rings (SSSR count). The van der Waals surface area contributed by atoms with Gasteiger partial charge in [0.2, 0.25) is 13.9 Å². The first-order chi connectivity index (χ1) is 19.2. The van der Waals surface area contributed by atoms with Gasteiger partial charge in [0.05, 0.1) is 11.8 Å². The summed E-state index contributed by atoms with van der Waals surface area (Å²) in [5.74, 6) is -2.82. The van der Waals surface area contributed by atoms with E-state index in [1.165, 1.54) is 6.92 Å². The van der Waals surface area contributed by atoms with Crippen molar-refractivity contribution in [1.29, 1.82) is 0 Å². The van der Waals surface area contributed by atoms with Crippen LogP contribution in [-0.2, 0) is 23.5 Å². The Hall–Kier alpha value is -2.14. The van der Waals surface area contributed by atoms with Crippen LogP contribution < -0.4 is 5.32 Å². The Kier molecular flexibility index (Phi) is 10.9. The maximum absolute atomic E-state index is 14.2. The molecule has 0 bridgehead atoms. The Labute approximate surface area is 246 Å². The van der Waals surface area contributed by atoms with Crippen LogP contribution in [0.15, 0.2) is 48.2 Å². The van der Waals surface area contributed by atoms with Crippen LogP contribution in [0.3, 0.4) is 0 Å². The van der Waals surface area contributed by atoms with Crippen LogP contribution in [0, 0.1) is 5.92 Å². The van der Waals surface area contributed by atoms with Gasteiger partial charge in [0.15, 0.2) is 12.1 Å². The van der Waals surface area contributed by atoms with E-state index in [0.29, 0.717) is 5.70 Å². The molecule has 2 aliphatic heterocycles. The summed E-state index contributed by atoms with van der Waals surface area (Å²) in [6.45, 7) is 17.8. The number of allylic oxidation sites excluding steroid dienone is 1. The molecule has 3 N–H and O–H groups in total. The summed E-state index contributed by atoms with van der Waals surface area (Å²) in [5.41, 5.74) is -1.02. The number of carbonyl (C=O) groups excluding carboxylic acids is 2. The number of benzene rings is 1. The van der Waals surface area contributed by atoms with Crippen molar-refractivity contribution in [3.05, 3.63) is 53.7 Å². The number of ketones is 1. The quantitative estimate of drug-likeness (QED) is 0.177. The minimum atomic E-state index is -2.70. The fraction of sp³-hybridized carbons (Fsp3) is 0.625. The zero-order valence-corrected chi connectivity index (χ0v) is 27.0. The minimum Gasteiger partial charge on any atom is -0.404 e. The van der Waals surface area contributed by atoms with E-state index in [1.54, 1.807) is 13.0 Å². The van der Waals surface area contributed by atoms with Crippen molar-refractivity contribution in [3.63, 3.8) is 0 Å². The van der Waals surface area contributed by atoms with E-state index < -0.39 is 62.2 Å². The molecule has 0 spiro atoms. The Bertz CT molecular complexity index is 1100. The fourth-order valence-electron chi connectivity index (χ4n) is 6.60. The Morgan fingerprint density at radius 2 is 1.66 bits per heavy atom. The second kappa shape index (κ2) is 13.4. The summed E-state index contributed by atoms with van der Waals surface area (Å²) >= 11 is 0. The third kappa shape index (κ3) is 6.45. The Balaban J connectivity index is 2.08. The summed E-state index contributed by atoms with van der Waals surface area (Å²) in [5, 5.41) is 26.3. The number of aliphatic hydroxyl groups is 2. The Morgan fingerprint density at radius 3 is 2.20 bits per heavy atom. The van der Waals surface area contributed by atoms with E-state index in [1.807, 2.05) is 49.4 Å². The first-order valence-electron chi connectivity index (χ1n) is 14.9. The van der Waals surface area contributed by atoms with Crippen molar-refractivity contribution in [2.75, 3.05) is 0 Å². The average molecular weight is 588 g/mol. The first-order valence-corrected chi connectivity index (χ1v) is 17.0. The van der Waals surface area contributed by atoms with Gasteiger partial charge in [0, 0.05) is 5.92 Å². The smallest absolute Gasteiger partial charge is 0.267 e. The monoisotopic (exact) mass is 587 g/mol. The van der Waals surface area contributed by atoms with Crippen molar-refractivity contribution in [2.24, 2.45) is 5.92 Å². The average Bonchev–Trinajstić information content (AvgIpc) is 3.40. The van der Waals surface area contributed by atoms with E-state index in [9.17, 15) is 19.8 Å². The predicted molar refractivity (Wildman–Crippen MR) is 162 cm³/mol. The van der Waals surface area contributed by atoms with Crippen molar-refractivity contribution in [3.8, 4) is 0 Å². The van der Waals surface area contributed by atoms with Crippen LogP contribution in [0.25, 0.3) is 6.08 Å². The van der Waals surface area contributed by atoms with E-state index >= 15 is 0 Å². The fourth-order valence-corrected chi connectivity index (χ4v) is 12.1. The van der Waals surface area contributed by atoms with Gasteiger partial charge >= 0.3 is 0 Å². The maximum Gasteiger partial charge on any atom is 0.267 e. The SMILES string of the molecule is CC/C=C/[C@@H]1O[C@H](C)O[C@@H]1C(O)C(C)C(=O)[C@@]1(O)C(=O)N/C(=C\c2ccccc2)[C@@H]1O[Si](C(C)C)(C(C)C)C(C)C. The second-order valence-corrected chi connectivity index (χ2v) is 17.7. The zero-order valence-electron chi connectivity index (χ0n) is 26.0. The molecule has 2 aliphatic rings. The third-order valence-electron chi connectivity index (χ3n) is 8.64. The van der Waals surface area contributed by atoms with Gasteiger partial charge < -0.3 is 29.4 Å². The number of amides is 1. The largest absolute Gasteiger partial charge is 0.404 e. The number of carbonyl (C=O) groups is 2. The molecule has 0 radical (unpaired) electrons. The molecule has 7 atom stereocenters. The molecule has 0 saturated carbocycles. The molecule has 1 aromatic rings. The van der Waals surface area contributed by atoms with Crippen molar-refractivity contribution in [2.45, 2.75) is 122 Å². The van der Waals surface area contributed by atoms with Gasteiger partial charge in [-0.1, -0.05) is 97.9 Å². The molecule has 0 aliphatic carbocycles. The first kappa shape index (κ1) is 33.4. The lowest BCUT2D eigenvalue weighted by atomic mass is 9.81. The molecule has 1 aromatic carbocycles. The van der Waals surface area contributed by atoms with Gasteiger partial charge in [0.25, 0.3) is 5.91 Å². The van der Waals surface area contributed by atoms with Gasteiger partial charge in [-0.25, -0.2) is 0 Å². The molecule has 2 unspecified atom stereocenters. The summed E-state index contributed by atoms with van der Waals surface area (Å²) in [7, 11) is -2.70. The molecule has 1 amide bonds. The number of hydrogen-bond donors (Lipinski definition) is 3. The molecule has 2 saturated heterocycles. The summed E-state index contributed by atoms with van der Waals surface area (Å²) < 4.78 is 18.6. The van der Waals surface area contributed by atoms with Gasteiger partial charge in [-0.3, -0.25) is 9.59 Å². The molecule has 2 fully saturated rings. The number of rotatable bonds is 12.